The monoisotopic (exact) mass is 242 g/mol. The maximum absolute atomic E-state index is 10.9. The second-order valence-electron chi connectivity index (χ2n) is 2.91. The standard InChI is InChI=1S/C9H10N2O4S/c1-5(15-9(12)4-10)8-3-7(11(13)14)6(2)16-8/h3H,1,4,10H2,2H3. The third-order valence-corrected chi connectivity index (χ3v) is 2.85. The van der Waals surface area contributed by atoms with E-state index in [9.17, 15) is 14.9 Å². The Kier molecular flexibility index (Phi) is 3.75. The minimum Gasteiger partial charge on any atom is -0.425 e. The summed E-state index contributed by atoms with van der Waals surface area (Å²) in [7, 11) is 0. The largest absolute Gasteiger partial charge is 0.425 e. The van der Waals surface area contributed by atoms with Crippen molar-refractivity contribution in [1.82, 2.24) is 0 Å². The Morgan fingerprint density at radius 2 is 2.38 bits per heavy atom. The van der Waals surface area contributed by atoms with Crippen LogP contribution >= 0.6 is 11.3 Å². The van der Waals surface area contributed by atoms with Crippen LogP contribution in [0.1, 0.15) is 9.75 Å². The second-order valence-corrected chi connectivity index (χ2v) is 4.17. The van der Waals surface area contributed by atoms with Gasteiger partial charge in [-0.25, -0.2) is 0 Å². The summed E-state index contributed by atoms with van der Waals surface area (Å²) in [6.07, 6.45) is 0. The summed E-state index contributed by atoms with van der Waals surface area (Å²) in [4.78, 5) is 22.0. The molecular formula is C9H10N2O4S. The normalized spacial score (nSPS) is 9.88. The molecule has 0 aromatic carbocycles. The highest BCUT2D eigenvalue weighted by molar-refractivity contribution is 7.13. The number of hydrogen-bond donors (Lipinski definition) is 1. The van der Waals surface area contributed by atoms with Gasteiger partial charge in [0.1, 0.15) is 5.76 Å². The number of carbonyl (C=O) groups is 1. The molecule has 0 bridgehead atoms. The zero-order valence-corrected chi connectivity index (χ0v) is 9.37. The van der Waals surface area contributed by atoms with Gasteiger partial charge in [0.05, 0.1) is 21.2 Å². The first kappa shape index (κ1) is 12.3. The Labute approximate surface area is 95.5 Å². The molecule has 0 atom stereocenters. The highest BCUT2D eigenvalue weighted by atomic mass is 32.1. The number of esters is 1. The van der Waals surface area contributed by atoms with Crippen molar-refractivity contribution in [3.63, 3.8) is 0 Å². The molecule has 1 heterocycles. The van der Waals surface area contributed by atoms with Crippen LogP contribution in [0.2, 0.25) is 0 Å². The van der Waals surface area contributed by atoms with Crippen LogP contribution in [0.25, 0.3) is 5.76 Å². The Morgan fingerprint density at radius 3 is 2.81 bits per heavy atom. The van der Waals surface area contributed by atoms with Gasteiger partial charge in [-0.2, -0.15) is 0 Å². The number of nitrogens with two attached hydrogens (primary N) is 1. The number of thiophene rings is 1. The number of ether oxygens (including phenoxy) is 1. The Bertz CT molecular complexity index is 452. The van der Waals surface area contributed by atoms with Gasteiger partial charge in [-0.05, 0) is 6.92 Å². The van der Waals surface area contributed by atoms with Crippen molar-refractivity contribution in [2.24, 2.45) is 5.73 Å². The van der Waals surface area contributed by atoms with Gasteiger partial charge in [0.25, 0.3) is 5.69 Å². The van der Waals surface area contributed by atoms with Crippen molar-refractivity contribution in [2.75, 3.05) is 6.54 Å². The van der Waals surface area contributed by atoms with Crippen LogP contribution in [0, 0.1) is 17.0 Å². The number of nitro groups is 1. The molecule has 2 N–H and O–H groups in total. The van der Waals surface area contributed by atoms with E-state index in [1.807, 2.05) is 0 Å². The SMILES string of the molecule is C=C(OC(=O)CN)c1cc([N+](=O)[O-])c(C)s1. The molecule has 0 aliphatic heterocycles. The number of rotatable bonds is 4. The van der Waals surface area contributed by atoms with E-state index in [0.29, 0.717) is 9.75 Å². The van der Waals surface area contributed by atoms with E-state index in [1.165, 1.54) is 6.07 Å². The van der Waals surface area contributed by atoms with Crippen molar-refractivity contribution in [1.29, 1.82) is 0 Å². The van der Waals surface area contributed by atoms with Crippen LogP contribution in [-0.4, -0.2) is 17.4 Å². The van der Waals surface area contributed by atoms with E-state index < -0.39 is 10.9 Å². The average molecular weight is 242 g/mol. The Hall–Kier alpha value is -1.73. The Balaban J connectivity index is 2.89. The van der Waals surface area contributed by atoms with E-state index in [1.54, 1.807) is 6.92 Å². The summed E-state index contributed by atoms with van der Waals surface area (Å²) < 4.78 is 4.76. The first-order chi connectivity index (χ1) is 7.45. The number of carbonyl (C=O) groups excluding carboxylic acids is 1. The van der Waals surface area contributed by atoms with Crippen molar-refractivity contribution in [3.8, 4) is 0 Å². The van der Waals surface area contributed by atoms with Gasteiger partial charge in [-0.15, -0.1) is 11.3 Å². The van der Waals surface area contributed by atoms with E-state index in [2.05, 4.69) is 6.58 Å². The molecule has 0 fully saturated rings. The van der Waals surface area contributed by atoms with E-state index in [0.717, 1.165) is 11.3 Å². The predicted octanol–water partition coefficient (Wildman–Crippen LogP) is 1.44. The van der Waals surface area contributed by atoms with Crippen molar-refractivity contribution in [3.05, 3.63) is 32.5 Å². The van der Waals surface area contributed by atoms with Gasteiger partial charge in [0, 0.05) is 6.07 Å². The van der Waals surface area contributed by atoms with Crippen LogP contribution in [-0.2, 0) is 9.53 Å². The molecule has 0 aliphatic rings. The van der Waals surface area contributed by atoms with Crippen molar-refractivity contribution in [2.45, 2.75) is 6.92 Å². The van der Waals surface area contributed by atoms with Crippen molar-refractivity contribution >= 4 is 28.8 Å². The molecule has 0 spiro atoms. The minimum atomic E-state index is -0.626. The van der Waals surface area contributed by atoms with Crippen molar-refractivity contribution < 1.29 is 14.5 Å². The molecule has 0 amide bonds. The van der Waals surface area contributed by atoms with E-state index in [-0.39, 0.29) is 18.0 Å². The molecule has 0 saturated heterocycles. The third kappa shape index (κ3) is 2.65. The highest BCUT2D eigenvalue weighted by Crippen LogP contribution is 2.32. The summed E-state index contributed by atoms with van der Waals surface area (Å²) in [5, 5.41) is 10.6. The zero-order chi connectivity index (χ0) is 12.3. The molecule has 6 nitrogen and oxygen atoms in total. The predicted molar refractivity (Wildman–Crippen MR) is 59.9 cm³/mol. The molecule has 86 valence electrons. The lowest BCUT2D eigenvalue weighted by molar-refractivity contribution is -0.385. The first-order valence-corrected chi connectivity index (χ1v) is 5.12. The summed E-state index contributed by atoms with van der Waals surface area (Å²) in [6, 6.07) is 1.33. The van der Waals surface area contributed by atoms with Gasteiger partial charge in [0.2, 0.25) is 0 Å². The lowest BCUT2D eigenvalue weighted by Gasteiger charge is -2.02. The molecule has 7 heteroatoms. The molecule has 1 aromatic rings. The summed E-state index contributed by atoms with van der Waals surface area (Å²) in [6.45, 7) is 4.87. The van der Waals surface area contributed by atoms with Gasteiger partial charge in [-0.3, -0.25) is 14.9 Å². The molecule has 1 rings (SSSR count). The zero-order valence-electron chi connectivity index (χ0n) is 8.56. The molecule has 0 radical (unpaired) electrons. The second kappa shape index (κ2) is 4.86. The quantitative estimate of drug-likeness (QED) is 0.373. The van der Waals surface area contributed by atoms with Crippen LogP contribution in [0.3, 0.4) is 0 Å². The topological polar surface area (TPSA) is 95.5 Å². The van der Waals surface area contributed by atoms with Gasteiger partial charge in [0.15, 0.2) is 0 Å². The average Bonchev–Trinajstić information content (AvgIpc) is 2.60. The number of nitrogens with zero attached hydrogens (tertiary/aromatic N) is 1. The number of hydrogen-bond acceptors (Lipinski definition) is 6. The third-order valence-electron chi connectivity index (χ3n) is 1.77. The maximum atomic E-state index is 10.9. The fraction of sp³-hybridized carbons (Fsp3) is 0.222. The minimum absolute atomic E-state index is 0.00931. The fourth-order valence-corrected chi connectivity index (χ4v) is 1.91. The van der Waals surface area contributed by atoms with E-state index in [4.69, 9.17) is 10.5 Å². The van der Waals surface area contributed by atoms with Gasteiger partial charge in [-0.1, -0.05) is 6.58 Å². The van der Waals surface area contributed by atoms with Crippen LogP contribution < -0.4 is 5.73 Å². The van der Waals surface area contributed by atoms with Gasteiger partial charge < -0.3 is 10.5 Å². The Morgan fingerprint density at radius 1 is 1.75 bits per heavy atom. The number of aryl methyl sites for hydroxylation is 1. The highest BCUT2D eigenvalue weighted by Gasteiger charge is 2.18. The summed E-state index contributed by atoms with van der Waals surface area (Å²) in [5.74, 6) is -0.546. The fourth-order valence-electron chi connectivity index (χ4n) is 1.02. The van der Waals surface area contributed by atoms with Gasteiger partial charge >= 0.3 is 5.97 Å². The molecule has 0 saturated carbocycles. The molecule has 0 unspecified atom stereocenters. The van der Waals surface area contributed by atoms with Crippen LogP contribution in [0.15, 0.2) is 12.6 Å². The van der Waals surface area contributed by atoms with Crippen LogP contribution in [0.5, 0.6) is 0 Å². The molecule has 16 heavy (non-hydrogen) atoms. The smallest absolute Gasteiger partial charge is 0.325 e. The van der Waals surface area contributed by atoms with E-state index >= 15 is 0 Å². The molecular weight excluding hydrogens is 232 g/mol. The summed E-state index contributed by atoms with van der Waals surface area (Å²) in [5.41, 5.74) is 5.05. The molecule has 0 aliphatic carbocycles. The lowest BCUT2D eigenvalue weighted by atomic mass is 10.3. The summed E-state index contributed by atoms with van der Waals surface area (Å²) >= 11 is 1.14. The maximum Gasteiger partial charge on any atom is 0.325 e. The molecule has 1 aromatic heterocycles. The lowest BCUT2D eigenvalue weighted by Crippen LogP contribution is -2.15. The first-order valence-electron chi connectivity index (χ1n) is 4.30. The van der Waals surface area contributed by atoms with Crippen LogP contribution in [0.4, 0.5) is 5.69 Å².